The Kier molecular flexibility index (Phi) is 3.47. The molecular weight excluding hydrogens is 252 g/mol. The zero-order chi connectivity index (χ0) is 13.1. The number of benzene rings is 1. The quantitative estimate of drug-likeness (QED) is 0.631. The predicted molar refractivity (Wildman–Crippen MR) is 71.4 cm³/mol. The molecule has 0 aromatic heterocycles. The predicted octanol–water partition coefficient (Wildman–Crippen LogP) is 1.05. The van der Waals surface area contributed by atoms with Crippen molar-refractivity contribution in [2.45, 2.75) is 0 Å². The molecule has 2 N–H and O–H groups in total. The molecule has 1 fully saturated rings. The summed E-state index contributed by atoms with van der Waals surface area (Å²) >= 11 is 4.86. The van der Waals surface area contributed by atoms with Gasteiger partial charge in [0.1, 0.15) is 17.2 Å². The third kappa shape index (κ3) is 2.43. The molecule has 0 aliphatic carbocycles. The largest absolute Gasteiger partial charge is 0.497 e. The second kappa shape index (κ2) is 5.05. The molecule has 1 saturated heterocycles. The van der Waals surface area contributed by atoms with Gasteiger partial charge >= 0.3 is 0 Å². The number of methoxy groups -OCH3 is 2. The van der Waals surface area contributed by atoms with Crippen LogP contribution in [-0.2, 0) is 4.79 Å². The van der Waals surface area contributed by atoms with Crippen LogP contribution in [0.2, 0.25) is 0 Å². The fourth-order valence-electron chi connectivity index (χ4n) is 1.58. The van der Waals surface area contributed by atoms with Crippen molar-refractivity contribution in [1.29, 1.82) is 0 Å². The van der Waals surface area contributed by atoms with Gasteiger partial charge in [0, 0.05) is 11.6 Å². The van der Waals surface area contributed by atoms with Crippen LogP contribution in [0, 0.1) is 0 Å². The van der Waals surface area contributed by atoms with Crippen LogP contribution >= 0.6 is 12.2 Å². The van der Waals surface area contributed by atoms with Crippen molar-refractivity contribution in [2.24, 2.45) is 0 Å². The van der Waals surface area contributed by atoms with Gasteiger partial charge in [-0.05, 0) is 30.4 Å². The van der Waals surface area contributed by atoms with Gasteiger partial charge in [0.15, 0.2) is 5.11 Å². The maximum Gasteiger partial charge on any atom is 0.273 e. The summed E-state index contributed by atoms with van der Waals surface area (Å²) in [5.74, 6) is 1.06. The summed E-state index contributed by atoms with van der Waals surface area (Å²) in [6.45, 7) is 0. The Morgan fingerprint density at radius 1 is 1.22 bits per heavy atom. The van der Waals surface area contributed by atoms with E-state index in [1.54, 1.807) is 38.5 Å². The molecule has 1 aromatic carbocycles. The first-order valence-corrected chi connectivity index (χ1v) is 5.61. The van der Waals surface area contributed by atoms with Gasteiger partial charge in [-0.2, -0.15) is 0 Å². The molecule has 0 unspecified atom stereocenters. The topological polar surface area (TPSA) is 59.6 Å². The monoisotopic (exact) mass is 264 g/mol. The number of hydrogen-bond donors (Lipinski definition) is 2. The molecule has 0 spiro atoms. The van der Waals surface area contributed by atoms with Crippen LogP contribution in [0.1, 0.15) is 5.56 Å². The maximum absolute atomic E-state index is 11.5. The fourth-order valence-corrected chi connectivity index (χ4v) is 1.78. The minimum atomic E-state index is -0.252. The minimum absolute atomic E-state index is 0.252. The van der Waals surface area contributed by atoms with Crippen molar-refractivity contribution >= 4 is 29.3 Å². The highest BCUT2D eigenvalue weighted by molar-refractivity contribution is 7.80. The lowest BCUT2D eigenvalue weighted by Gasteiger charge is -2.07. The van der Waals surface area contributed by atoms with Gasteiger partial charge in [-0.1, -0.05) is 0 Å². The van der Waals surface area contributed by atoms with Crippen LogP contribution in [0.3, 0.4) is 0 Å². The van der Waals surface area contributed by atoms with Crippen LogP contribution in [-0.4, -0.2) is 25.2 Å². The molecule has 1 aliphatic heterocycles. The van der Waals surface area contributed by atoms with Gasteiger partial charge < -0.3 is 14.8 Å². The summed E-state index contributed by atoms with van der Waals surface area (Å²) in [6.07, 6.45) is 1.67. The summed E-state index contributed by atoms with van der Waals surface area (Å²) in [4.78, 5) is 11.5. The number of nitrogens with one attached hydrogen (secondary N) is 2. The summed E-state index contributed by atoms with van der Waals surface area (Å²) in [7, 11) is 3.14. The number of carbonyl (C=O) groups excluding carboxylic acids is 1. The molecule has 1 aromatic rings. The van der Waals surface area contributed by atoms with Crippen molar-refractivity contribution in [1.82, 2.24) is 10.6 Å². The van der Waals surface area contributed by atoms with Crippen molar-refractivity contribution in [3.05, 3.63) is 29.5 Å². The van der Waals surface area contributed by atoms with E-state index in [1.165, 1.54) is 0 Å². The molecular formula is C12H12N2O3S. The number of thiocarbonyl (C=S) groups is 1. The van der Waals surface area contributed by atoms with E-state index in [0.29, 0.717) is 22.3 Å². The van der Waals surface area contributed by atoms with Crippen molar-refractivity contribution in [3.63, 3.8) is 0 Å². The average Bonchev–Trinajstić information content (AvgIpc) is 2.68. The molecule has 94 valence electrons. The third-order valence-electron chi connectivity index (χ3n) is 2.46. The van der Waals surface area contributed by atoms with E-state index >= 15 is 0 Å². The lowest BCUT2D eigenvalue weighted by molar-refractivity contribution is -0.115. The highest BCUT2D eigenvalue weighted by Crippen LogP contribution is 2.26. The number of carbonyl (C=O) groups is 1. The van der Waals surface area contributed by atoms with Gasteiger partial charge in [-0.3, -0.25) is 10.1 Å². The first-order chi connectivity index (χ1) is 8.63. The molecule has 1 amide bonds. The summed E-state index contributed by atoms with van der Waals surface area (Å²) < 4.78 is 10.3. The minimum Gasteiger partial charge on any atom is -0.497 e. The molecule has 1 aliphatic rings. The molecule has 0 saturated carbocycles. The van der Waals surface area contributed by atoms with Gasteiger partial charge in [-0.15, -0.1) is 0 Å². The lowest BCUT2D eigenvalue weighted by Crippen LogP contribution is -2.21. The highest BCUT2D eigenvalue weighted by Gasteiger charge is 2.20. The van der Waals surface area contributed by atoms with Gasteiger partial charge in [0.25, 0.3) is 5.91 Å². The SMILES string of the molecule is COc1ccc(/C=C2/NC(=S)NC2=O)c(OC)c1. The van der Waals surface area contributed by atoms with Crippen LogP contribution in [0.5, 0.6) is 11.5 Å². The molecule has 1 heterocycles. The number of rotatable bonds is 3. The Morgan fingerprint density at radius 2 is 2.00 bits per heavy atom. The molecule has 6 heteroatoms. The standard InChI is InChI=1S/C12H12N2O3S/c1-16-8-4-3-7(10(6-8)17-2)5-9-11(15)14-12(18)13-9/h3-6H,1-2H3,(H2,13,14,15,18)/b9-5+. The van der Waals surface area contributed by atoms with E-state index in [4.69, 9.17) is 21.7 Å². The zero-order valence-electron chi connectivity index (χ0n) is 9.94. The molecule has 18 heavy (non-hydrogen) atoms. The van der Waals surface area contributed by atoms with E-state index in [9.17, 15) is 4.79 Å². The van der Waals surface area contributed by atoms with E-state index < -0.39 is 0 Å². The smallest absolute Gasteiger partial charge is 0.273 e. The van der Waals surface area contributed by atoms with E-state index in [-0.39, 0.29) is 5.91 Å². The summed E-state index contributed by atoms with van der Waals surface area (Å²) in [5, 5.41) is 5.58. The molecule has 2 rings (SSSR count). The third-order valence-corrected chi connectivity index (χ3v) is 2.66. The normalized spacial score (nSPS) is 16.4. The Morgan fingerprint density at radius 3 is 2.56 bits per heavy atom. The van der Waals surface area contributed by atoms with E-state index in [0.717, 1.165) is 5.56 Å². The molecule has 5 nitrogen and oxygen atoms in total. The fraction of sp³-hybridized carbons (Fsp3) is 0.167. The Labute approximate surface area is 110 Å². The lowest BCUT2D eigenvalue weighted by atomic mass is 10.1. The number of amides is 1. The maximum atomic E-state index is 11.5. The summed E-state index contributed by atoms with van der Waals surface area (Å²) in [5.41, 5.74) is 1.16. The van der Waals surface area contributed by atoms with Gasteiger partial charge in [0.2, 0.25) is 0 Å². The van der Waals surface area contributed by atoms with Crippen LogP contribution < -0.4 is 20.1 Å². The number of ether oxygens (including phenoxy) is 2. The molecule has 0 atom stereocenters. The van der Waals surface area contributed by atoms with Crippen LogP contribution in [0.25, 0.3) is 6.08 Å². The Balaban J connectivity index is 2.37. The van der Waals surface area contributed by atoms with Gasteiger partial charge in [-0.25, -0.2) is 0 Å². The first-order valence-electron chi connectivity index (χ1n) is 5.20. The molecule has 0 bridgehead atoms. The van der Waals surface area contributed by atoms with Crippen LogP contribution in [0.15, 0.2) is 23.9 Å². The van der Waals surface area contributed by atoms with E-state index in [1.807, 2.05) is 0 Å². The second-order valence-electron chi connectivity index (χ2n) is 3.57. The van der Waals surface area contributed by atoms with E-state index in [2.05, 4.69) is 10.6 Å². The zero-order valence-corrected chi connectivity index (χ0v) is 10.8. The van der Waals surface area contributed by atoms with Crippen molar-refractivity contribution in [2.75, 3.05) is 14.2 Å². The number of hydrogen-bond acceptors (Lipinski definition) is 4. The average molecular weight is 264 g/mol. The van der Waals surface area contributed by atoms with Crippen molar-refractivity contribution < 1.29 is 14.3 Å². The second-order valence-corrected chi connectivity index (χ2v) is 3.98. The van der Waals surface area contributed by atoms with Gasteiger partial charge in [0.05, 0.1) is 14.2 Å². The Hall–Kier alpha value is -2.08. The highest BCUT2D eigenvalue weighted by atomic mass is 32.1. The van der Waals surface area contributed by atoms with Crippen LogP contribution in [0.4, 0.5) is 0 Å². The summed E-state index contributed by atoms with van der Waals surface area (Å²) in [6, 6.07) is 5.35. The van der Waals surface area contributed by atoms with Crippen molar-refractivity contribution in [3.8, 4) is 11.5 Å². The molecule has 0 radical (unpaired) electrons. The first kappa shape index (κ1) is 12.4. The Bertz CT molecular complexity index is 540.